The molecule has 48 heavy (non-hydrogen) atoms. The summed E-state index contributed by atoms with van der Waals surface area (Å²) < 4.78 is 0. The zero-order chi connectivity index (χ0) is 36.9. The van der Waals surface area contributed by atoms with E-state index < -0.39 is 35.8 Å². The van der Waals surface area contributed by atoms with E-state index in [1.54, 1.807) is 18.2 Å². The molecule has 4 aromatic rings. The number of aromatic carboxylic acids is 6. The van der Waals surface area contributed by atoms with Gasteiger partial charge in [-0.3, -0.25) is 0 Å². The van der Waals surface area contributed by atoms with Gasteiger partial charge in [-0.15, -0.1) is 0 Å². The fraction of sp³-hybridized carbons (Fsp3) is 0. The molecule has 0 spiro atoms. The standard InChI is InChI=1S/C9H6O6.C8H7NO4.C7H8N2O2.C6H9N3/c10-7(11)4-1-5(8(12)13)3-6(2-4)9(14)15;9-6-2-4(7(10)11)1-5(3-6)8(12)13;8-5-1-4(7(10)11)2-6(9)3-5;7-4-1-5(8)3-6(9)2-4/h1-3H,(H,10,11)(H,12,13)(H,14,15);1-3H,9H2,(H,10,11)(H,12,13);1-3H,8-9H2,(H,10,11);1-3H,7-9H2. The Balaban J connectivity index is 0.000000325. The summed E-state index contributed by atoms with van der Waals surface area (Å²) in [6, 6.07) is 15.4. The average molecular weight is 667 g/mol. The maximum Gasteiger partial charge on any atom is 0.335 e. The molecule has 0 radical (unpaired) electrons. The summed E-state index contributed by atoms with van der Waals surface area (Å²) in [5.41, 5.74) is 33.6. The molecule has 0 bridgehead atoms. The number of carboxylic acid groups (broad SMARTS) is 6. The van der Waals surface area contributed by atoms with Gasteiger partial charge in [-0.05, 0) is 72.8 Å². The van der Waals surface area contributed by atoms with Gasteiger partial charge >= 0.3 is 35.8 Å². The van der Waals surface area contributed by atoms with E-state index in [4.69, 9.17) is 65.0 Å². The van der Waals surface area contributed by atoms with Crippen molar-refractivity contribution in [1.82, 2.24) is 0 Å². The molecular formula is C30H30N6O12. The molecule has 0 unspecified atom stereocenters. The SMILES string of the molecule is Nc1cc(C(=O)O)cc(C(=O)O)c1.Nc1cc(N)cc(C(=O)O)c1.Nc1cc(N)cc(N)c1.O=C(O)c1cc(C(=O)O)cc(C(=O)O)c1. The molecule has 18 N–H and O–H groups in total. The highest BCUT2D eigenvalue weighted by Crippen LogP contribution is 2.15. The normalized spacial score (nSPS) is 9.50. The molecule has 0 aliphatic heterocycles. The molecule has 0 aliphatic carbocycles. The molecule has 0 fully saturated rings. The van der Waals surface area contributed by atoms with Crippen LogP contribution in [0.15, 0.2) is 72.8 Å². The van der Waals surface area contributed by atoms with Crippen molar-refractivity contribution < 1.29 is 59.4 Å². The highest BCUT2D eigenvalue weighted by atomic mass is 16.4. The third-order valence-corrected chi connectivity index (χ3v) is 5.35. The Morgan fingerprint density at radius 2 is 0.396 bits per heavy atom. The summed E-state index contributed by atoms with van der Waals surface area (Å²) in [5, 5.41) is 51.5. The monoisotopic (exact) mass is 666 g/mol. The predicted molar refractivity (Wildman–Crippen MR) is 174 cm³/mol. The van der Waals surface area contributed by atoms with Crippen LogP contribution in [-0.4, -0.2) is 66.5 Å². The van der Waals surface area contributed by atoms with Crippen molar-refractivity contribution >= 4 is 69.9 Å². The van der Waals surface area contributed by atoms with Crippen LogP contribution in [0, 0.1) is 0 Å². The lowest BCUT2D eigenvalue weighted by molar-refractivity contribution is 0.0671. The van der Waals surface area contributed by atoms with Crippen LogP contribution in [0.5, 0.6) is 0 Å². The van der Waals surface area contributed by atoms with Crippen LogP contribution in [0.25, 0.3) is 0 Å². The van der Waals surface area contributed by atoms with Crippen LogP contribution in [0.2, 0.25) is 0 Å². The van der Waals surface area contributed by atoms with Gasteiger partial charge < -0.3 is 65.0 Å². The molecule has 4 rings (SSSR count). The van der Waals surface area contributed by atoms with Gasteiger partial charge in [0.1, 0.15) is 0 Å². The Labute approximate surface area is 270 Å². The fourth-order valence-corrected chi connectivity index (χ4v) is 3.40. The number of anilines is 6. The van der Waals surface area contributed by atoms with E-state index in [0.717, 1.165) is 24.3 Å². The smallest absolute Gasteiger partial charge is 0.335 e. The van der Waals surface area contributed by atoms with Crippen molar-refractivity contribution in [2.45, 2.75) is 0 Å². The second-order valence-electron chi connectivity index (χ2n) is 9.30. The lowest BCUT2D eigenvalue weighted by atomic mass is 10.1. The van der Waals surface area contributed by atoms with Crippen molar-refractivity contribution in [3.8, 4) is 0 Å². The third-order valence-electron chi connectivity index (χ3n) is 5.35. The van der Waals surface area contributed by atoms with E-state index in [9.17, 15) is 28.8 Å². The number of hydrogen-bond donors (Lipinski definition) is 12. The minimum Gasteiger partial charge on any atom is -0.478 e. The summed E-state index contributed by atoms with van der Waals surface area (Å²) in [6.45, 7) is 0. The quantitative estimate of drug-likeness (QED) is 0.131. The van der Waals surface area contributed by atoms with Crippen molar-refractivity contribution in [3.05, 3.63) is 106 Å². The van der Waals surface area contributed by atoms with E-state index >= 15 is 0 Å². The van der Waals surface area contributed by atoms with E-state index in [-0.39, 0.29) is 39.1 Å². The highest BCUT2D eigenvalue weighted by molar-refractivity contribution is 5.99. The summed E-state index contributed by atoms with van der Waals surface area (Å²) >= 11 is 0. The Morgan fingerprint density at radius 1 is 0.271 bits per heavy atom. The molecule has 0 amide bonds. The number of carboxylic acids is 6. The molecule has 0 aromatic heterocycles. The summed E-state index contributed by atoms with van der Waals surface area (Å²) in [6.07, 6.45) is 0. The Hall–Kier alpha value is -7.50. The van der Waals surface area contributed by atoms with E-state index in [0.29, 0.717) is 28.4 Å². The summed E-state index contributed by atoms with van der Waals surface area (Å²) in [4.78, 5) is 63.0. The molecular weight excluding hydrogens is 636 g/mol. The van der Waals surface area contributed by atoms with Crippen LogP contribution in [0.1, 0.15) is 62.1 Å². The van der Waals surface area contributed by atoms with Crippen molar-refractivity contribution in [2.75, 3.05) is 34.4 Å². The first-order valence-electron chi connectivity index (χ1n) is 12.7. The zero-order valence-corrected chi connectivity index (χ0v) is 24.5. The van der Waals surface area contributed by atoms with Crippen LogP contribution in [-0.2, 0) is 0 Å². The van der Waals surface area contributed by atoms with Crippen molar-refractivity contribution in [2.24, 2.45) is 0 Å². The zero-order valence-electron chi connectivity index (χ0n) is 24.5. The van der Waals surface area contributed by atoms with Crippen LogP contribution in [0.4, 0.5) is 34.1 Å². The first kappa shape index (κ1) is 38.5. The molecule has 0 saturated carbocycles. The van der Waals surface area contributed by atoms with Crippen LogP contribution < -0.4 is 34.4 Å². The van der Waals surface area contributed by atoms with Gasteiger partial charge in [0.2, 0.25) is 0 Å². The van der Waals surface area contributed by atoms with Gasteiger partial charge in [-0.25, -0.2) is 28.8 Å². The third kappa shape index (κ3) is 13.0. The van der Waals surface area contributed by atoms with E-state index in [2.05, 4.69) is 0 Å². The minimum absolute atomic E-state index is 0.113. The molecule has 0 saturated heterocycles. The molecule has 4 aromatic carbocycles. The summed E-state index contributed by atoms with van der Waals surface area (Å²) in [7, 11) is 0. The number of carbonyl (C=O) groups is 6. The van der Waals surface area contributed by atoms with E-state index in [1.165, 1.54) is 30.3 Å². The first-order chi connectivity index (χ1) is 22.2. The van der Waals surface area contributed by atoms with Gasteiger partial charge in [0.25, 0.3) is 0 Å². The van der Waals surface area contributed by atoms with Gasteiger partial charge in [0.05, 0.1) is 33.4 Å². The Kier molecular flexibility index (Phi) is 13.7. The van der Waals surface area contributed by atoms with E-state index in [1.807, 2.05) is 0 Å². The fourth-order valence-electron chi connectivity index (χ4n) is 3.40. The molecule has 18 heteroatoms. The van der Waals surface area contributed by atoms with Gasteiger partial charge in [-0.2, -0.15) is 0 Å². The second-order valence-corrected chi connectivity index (χ2v) is 9.30. The maximum absolute atomic E-state index is 10.6. The second kappa shape index (κ2) is 17.1. The van der Waals surface area contributed by atoms with Gasteiger partial charge in [0, 0.05) is 34.1 Å². The summed E-state index contributed by atoms with van der Waals surface area (Å²) in [5.74, 6) is -7.55. The van der Waals surface area contributed by atoms with Crippen molar-refractivity contribution in [3.63, 3.8) is 0 Å². The van der Waals surface area contributed by atoms with Gasteiger partial charge in [-0.1, -0.05) is 0 Å². The largest absolute Gasteiger partial charge is 0.478 e. The Morgan fingerprint density at radius 3 is 0.583 bits per heavy atom. The van der Waals surface area contributed by atoms with Gasteiger partial charge in [0.15, 0.2) is 0 Å². The Bertz CT molecular complexity index is 1700. The number of nitrogens with two attached hydrogens (primary N) is 6. The number of benzene rings is 4. The highest BCUT2D eigenvalue weighted by Gasteiger charge is 2.14. The molecule has 0 aliphatic rings. The lowest BCUT2D eigenvalue weighted by Gasteiger charge is -2.00. The topological polar surface area (TPSA) is 380 Å². The average Bonchev–Trinajstić information content (AvgIpc) is 2.96. The number of nitrogen functional groups attached to an aromatic ring is 6. The molecule has 252 valence electrons. The minimum atomic E-state index is -1.37. The first-order valence-corrected chi connectivity index (χ1v) is 12.7. The molecule has 0 atom stereocenters. The van der Waals surface area contributed by atoms with Crippen LogP contribution >= 0.6 is 0 Å². The number of hydrogen-bond acceptors (Lipinski definition) is 12. The van der Waals surface area contributed by atoms with Crippen molar-refractivity contribution in [1.29, 1.82) is 0 Å². The van der Waals surface area contributed by atoms with Crippen LogP contribution in [0.3, 0.4) is 0 Å². The number of rotatable bonds is 6. The predicted octanol–water partition coefficient (Wildman–Crippen LogP) is 2.43. The molecule has 18 nitrogen and oxygen atoms in total. The molecule has 0 heterocycles. The maximum atomic E-state index is 10.6. The lowest BCUT2D eigenvalue weighted by Crippen LogP contribution is -2.07.